The molecule has 1 aliphatic heterocycles. The first-order valence-electron chi connectivity index (χ1n) is 6.25. The molecule has 0 aromatic carbocycles. The first kappa shape index (κ1) is 16.5. The molecule has 0 aromatic rings. The van der Waals surface area contributed by atoms with Crippen molar-refractivity contribution in [2.75, 3.05) is 13.2 Å². The van der Waals surface area contributed by atoms with Crippen molar-refractivity contribution in [3.8, 4) is 0 Å². The Hall–Kier alpha value is -1.57. The highest BCUT2D eigenvalue weighted by Crippen LogP contribution is 2.41. The second-order valence-electron chi connectivity index (χ2n) is 4.92. The third-order valence-electron chi connectivity index (χ3n) is 2.91. The fraction of sp³-hybridized carbons (Fsp3) is 0.615. The van der Waals surface area contributed by atoms with Gasteiger partial charge in [0.1, 0.15) is 12.7 Å². The monoisotopic (exact) mass is 288 g/mol. The number of hydrogen-bond donors (Lipinski definition) is 3. The molecule has 7 heteroatoms. The van der Waals surface area contributed by atoms with Crippen molar-refractivity contribution in [2.45, 2.75) is 32.0 Å². The van der Waals surface area contributed by atoms with Crippen molar-refractivity contribution in [1.29, 1.82) is 0 Å². The molecular weight excluding hydrogens is 268 g/mol. The van der Waals surface area contributed by atoms with E-state index in [0.29, 0.717) is 0 Å². The van der Waals surface area contributed by atoms with Gasteiger partial charge in [0.2, 0.25) is 5.60 Å². The molecule has 0 fully saturated rings. The summed E-state index contributed by atoms with van der Waals surface area (Å²) >= 11 is 0. The number of carbonyl (C=O) groups is 1. The fourth-order valence-electron chi connectivity index (χ4n) is 2.20. The number of ether oxygens (including phenoxy) is 2. The maximum atomic E-state index is 11.7. The molecule has 1 rings (SSSR count). The minimum Gasteiger partial charge on any atom is -0.485 e. The van der Waals surface area contributed by atoms with Crippen LogP contribution in [0.2, 0.25) is 0 Å². The van der Waals surface area contributed by atoms with Crippen LogP contribution < -0.4 is 0 Å². The van der Waals surface area contributed by atoms with Crippen LogP contribution in [0.1, 0.15) is 20.3 Å². The van der Waals surface area contributed by atoms with Gasteiger partial charge >= 0.3 is 5.97 Å². The van der Waals surface area contributed by atoms with Crippen LogP contribution in [-0.4, -0.2) is 46.4 Å². The molecule has 20 heavy (non-hydrogen) atoms. The van der Waals surface area contributed by atoms with Crippen molar-refractivity contribution in [3.63, 3.8) is 0 Å². The highest BCUT2D eigenvalue weighted by molar-refractivity contribution is 5.90. The average molecular weight is 288 g/mol. The Morgan fingerprint density at radius 3 is 2.60 bits per heavy atom. The van der Waals surface area contributed by atoms with Gasteiger partial charge in [0.05, 0.1) is 6.61 Å². The predicted octanol–water partition coefficient (Wildman–Crippen LogP) is 0.585. The molecule has 0 radical (unpaired) electrons. The van der Waals surface area contributed by atoms with Crippen LogP contribution in [0.4, 0.5) is 0 Å². The van der Waals surface area contributed by atoms with Gasteiger partial charge in [-0.1, -0.05) is 26.5 Å². The summed E-state index contributed by atoms with van der Waals surface area (Å²) in [5.74, 6) is -1.61. The summed E-state index contributed by atoms with van der Waals surface area (Å²) < 4.78 is 10.5. The average Bonchev–Trinajstić information content (AvgIpc) is 2.66. The standard InChI is InChI=1S/C13H20O7/c1-4-5-18-11-10(20-17)12(16)19-13(11,6-8(2)3)9(15)7-14/h4,8-9,14-15,17H,1,5-7H2,2-3H3/t9-,13+/m0/s1. The minimum absolute atomic E-state index is 0.0179. The smallest absolute Gasteiger partial charge is 0.382 e. The lowest BCUT2D eigenvalue weighted by atomic mass is 9.86. The van der Waals surface area contributed by atoms with Crippen LogP contribution in [-0.2, 0) is 19.2 Å². The van der Waals surface area contributed by atoms with E-state index in [-0.39, 0.29) is 24.7 Å². The van der Waals surface area contributed by atoms with Gasteiger partial charge in [-0.3, -0.25) is 0 Å². The van der Waals surface area contributed by atoms with Gasteiger partial charge in [0.15, 0.2) is 5.76 Å². The molecule has 0 aliphatic carbocycles. The summed E-state index contributed by atoms with van der Waals surface area (Å²) in [6.45, 7) is 6.56. The van der Waals surface area contributed by atoms with Gasteiger partial charge in [-0.25, -0.2) is 10.1 Å². The van der Waals surface area contributed by atoms with Gasteiger partial charge < -0.3 is 24.6 Å². The van der Waals surface area contributed by atoms with Crippen molar-refractivity contribution in [3.05, 3.63) is 24.2 Å². The van der Waals surface area contributed by atoms with Gasteiger partial charge in [0, 0.05) is 0 Å². The van der Waals surface area contributed by atoms with Crippen LogP contribution in [0.3, 0.4) is 0 Å². The number of aliphatic hydroxyl groups excluding tert-OH is 2. The second-order valence-corrected chi connectivity index (χ2v) is 4.92. The summed E-state index contributed by atoms with van der Waals surface area (Å²) in [7, 11) is 0. The first-order valence-corrected chi connectivity index (χ1v) is 6.25. The Bertz CT molecular complexity index is 402. The molecule has 1 heterocycles. The van der Waals surface area contributed by atoms with E-state index in [4.69, 9.17) is 14.7 Å². The zero-order valence-corrected chi connectivity index (χ0v) is 11.5. The third kappa shape index (κ3) is 2.95. The Kier molecular flexibility index (Phi) is 5.55. The highest BCUT2D eigenvalue weighted by atomic mass is 17.1. The van der Waals surface area contributed by atoms with E-state index in [1.807, 2.05) is 13.8 Å². The fourth-order valence-corrected chi connectivity index (χ4v) is 2.20. The molecule has 1 aliphatic rings. The van der Waals surface area contributed by atoms with Gasteiger partial charge in [-0.05, 0) is 12.3 Å². The van der Waals surface area contributed by atoms with Crippen molar-refractivity contribution in [2.24, 2.45) is 5.92 Å². The summed E-state index contributed by atoms with van der Waals surface area (Å²) in [6.07, 6.45) is 0.220. The van der Waals surface area contributed by atoms with Crippen molar-refractivity contribution >= 4 is 5.97 Å². The number of hydrogen-bond acceptors (Lipinski definition) is 7. The molecule has 114 valence electrons. The van der Waals surface area contributed by atoms with Crippen LogP contribution in [0.5, 0.6) is 0 Å². The first-order chi connectivity index (χ1) is 9.42. The number of cyclic esters (lactones) is 1. The topological polar surface area (TPSA) is 105 Å². The van der Waals surface area contributed by atoms with E-state index in [0.717, 1.165) is 0 Å². The number of esters is 1. The second kappa shape index (κ2) is 6.74. The number of rotatable bonds is 8. The van der Waals surface area contributed by atoms with Gasteiger partial charge in [-0.15, -0.1) is 0 Å². The molecule has 7 nitrogen and oxygen atoms in total. The zero-order chi connectivity index (χ0) is 15.3. The number of aliphatic hydroxyl groups is 2. The molecular formula is C13H20O7. The SMILES string of the molecule is C=CCOC1=C(OO)C(=O)O[C@]1(CC(C)C)[C@@H](O)CO. The largest absolute Gasteiger partial charge is 0.485 e. The van der Waals surface area contributed by atoms with E-state index in [2.05, 4.69) is 11.5 Å². The van der Waals surface area contributed by atoms with E-state index < -0.39 is 30.0 Å². The van der Waals surface area contributed by atoms with Crippen molar-refractivity contribution < 1.29 is 34.6 Å². The predicted molar refractivity (Wildman–Crippen MR) is 68.3 cm³/mol. The quantitative estimate of drug-likeness (QED) is 0.260. The van der Waals surface area contributed by atoms with Crippen molar-refractivity contribution in [1.82, 2.24) is 0 Å². The Labute approximate surface area is 117 Å². The van der Waals surface area contributed by atoms with E-state index >= 15 is 0 Å². The maximum absolute atomic E-state index is 11.7. The maximum Gasteiger partial charge on any atom is 0.382 e. The molecule has 3 N–H and O–H groups in total. The summed E-state index contributed by atoms with van der Waals surface area (Å²) in [5.41, 5.74) is -1.58. The lowest BCUT2D eigenvalue weighted by Crippen LogP contribution is -2.48. The molecule has 0 aromatic heterocycles. The van der Waals surface area contributed by atoms with E-state index in [9.17, 15) is 15.0 Å². The molecule has 0 saturated carbocycles. The Morgan fingerprint density at radius 1 is 1.50 bits per heavy atom. The molecule has 2 atom stereocenters. The molecule has 0 bridgehead atoms. The normalized spacial score (nSPS) is 23.8. The van der Waals surface area contributed by atoms with Crippen LogP contribution in [0, 0.1) is 5.92 Å². The highest BCUT2D eigenvalue weighted by Gasteiger charge is 2.56. The Balaban J connectivity index is 3.28. The number of carbonyl (C=O) groups excluding carboxylic acids is 1. The van der Waals surface area contributed by atoms with Crippen LogP contribution in [0.25, 0.3) is 0 Å². The van der Waals surface area contributed by atoms with Gasteiger partial charge in [0.25, 0.3) is 5.76 Å². The summed E-state index contributed by atoms with van der Waals surface area (Å²) in [6, 6.07) is 0. The zero-order valence-electron chi connectivity index (χ0n) is 11.5. The minimum atomic E-state index is -1.58. The van der Waals surface area contributed by atoms with Gasteiger partial charge in [-0.2, -0.15) is 0 Å². The molecule has 0 saturated heterocycles. The van der Waals surface area contributed by atoms with Crippen LogP contribution >= 0.6 is 0 Å². The third-order valence-corrected chi connectivity index (χ3v) is 2.91. The molecule has 0 spiro atoms. The molecule has 0 amide bonds. The molecule has 0 unspecified atom stereocenters. The Morgan fingerprint density at radius 2 is 2.15 bits per heavy atom. The van der Waals surface area contributed by atoms with Crippen LogP contribution in [0.15, 0.2) is 24.2 Å². The lowest BCUT2D eigenvalue weighted by Gasteiger charge is -2.34. The van der Waals surface area contributed by atoms with E-state index in [1.54, 1.807) is 0 Å². The summed E-state index contributed by atoms with van der Waals surface area (Å²) in [5, 5.41) is 28.1. The lowest BCUT2D eigenvalue weighted by molar-refractivity contribution is -0.211. The summed E-state index contributed by atoms with van der Waals surface area (Å²) in [4.78, 5) is 15.8. The van der Waals surface area contributed by atoms with E-state index in [1.165, 1.54) is 6.08 Å².